The molecule has 2 heterocycles. The summed E-state index contributed by atoms with van der Waals surface area (Å²) in [5, 5.41) is 2.56. The maximum atomic E-state index is 11.7. The van der Waals surface area contributed by atoms with Crippen molar-refractivity contribution in [1.82, 2.24) is 0 Å². The molecule has 1 atom stereocenters. The van der Waals surface area contributed by atoms with E-state index in [-0.39, 0.29) is 23.8 Å². The van der Waals surface area contributed by atoms with Crippen molar-refractivity contribution >= 4 is 34.8 Å². The number of rotatable bonds is 1. The number of carbonyl (C=O) groups is 2. The monoisotopic (exact) mass is 266 g/mol. The van der Waals surface area contributed by atoms with Crippen LogP contribution >= 0.6 is 11.6 Å². The van der Waals surface area contributed by atoms with Gasteiger partial charge in [0.1, 0.15) is 5.75 Å². The number of nitrogens with zero attached hydrogens (tertiary/aromatic N) is 1. The molecule has 1 unspecified atom stereocenters. The van der Waals surface area contributed by atoms with Gasteiger partial charge in [0.15, 0.2) is 6.61 Å². The van der Waals surface area contributed by atoms with E-state index in [2.05, 4.69) is 5.32 Å². The van der Waals surface area contributed by atoms with E-state index >= 15 is 0 Å². The van der Waals surface area contributed by atoms with Crippen molar-refractivity contribution in [3.8, 4) is 5.75 Å². The third-order valence-electron chi connectivity index (χ3n) is 2.99. The quantitative estimate of drug-likeness (QED) is 0.781. The Labute approximate surface area is 109 Å². The summed E-state index contributed by atoms with van der Waals surface area (Å²) in [6.45, 7) is 0.521. The number of fused-ring (bicyclic) bond motifs is 1. The molecular weight excluding hydrogens is 256 g/mol. The molecule has 0 saturated carbocycles. The fourth-order valence-corrected chi connectivity index (χ4v) is 2.42. The van der Waals surface area contributed by atoms with Crippen LogP contribution in [0.25, 0.3) is 0 Å². The molecule has 3 rings (SSSR count). The second kappa shape index (κ2) is 4.17. The van der Waals surface area contributed by atoms with Crippen LogP contribution in [0.5, 0.6) is 5.75 Å². The Balaban J connectivity index is 1.92. The van der Waals surface area contributed by atoms with Crippen LogP contribution < -0.4 is 15.0 Å². The summed E-state index contributed by atoms with van der Waals surface area (Å²) in [6, 6.07) is 5.28. The maximum absolute atomic E-state index is 11.7. The molecule has 1 N–H and O–H groups in total. The molecule has 0 bridgehead atoms. The van der Waals surface area contributed by atoms with Crippen LogP contribution in [0.3, 0.4) is 0 Å². The van der Waals surface area contributed by atoms with Crippen LogP contribution in [0.2, 0.25) is 0 Å². The van der Waals surface area contributed by atoms with Crippen LogP contribution in [0.4, 0.5) is 11.4 Å². The Morgan fingerprint density at radius 3 is 2.94 bits per heavy atom. The molecule has 0 aliphatic carbocycles. The Hall–Kier alpha value is -1.75. The zero-order valence-electron chi connectivity index (χ0n) is 9.48. The number of nitrogens with one attached hydrogen (secondary N) is 1. The fraction of sp³-hybridized carbons (Fsp3) is 0.333. The highest BCUT2D eigenvalue weighted by molar-refractivity contribution is 6.24. The first-order chi connectivity index (χ1) is 8.63. The van der Waals surface area contributed by atoms with Crippen molar-refractivity contribution in [1.29, 1.82) is 0 Å². The van der Waals surface area contributed by atoms with Crippen LogP contribution in [0, 0.1) is 0 Å². The highest BCUT2D eigenvalue weighted by Crippen LogP contribution is 2.33. The number of carbonyl (C=O) groups excluding carboxylic acids is 2. The molecule has 0 radical (unpaired) electrons. The van der Waals surface area contributed by atoms with Gasteiger partial charge in [-0.15, -0.1) is 11.6 Å². The molecule has 1 aromatic carbocycles. The van der Waals surface area contributed by atoms with Gasteiger partial charge in [-0.3, -0.25) is 9.59 Å². The van der Waals surface area contributed by atoms with Gasteiger partial charge >= 0.3 is 0 Å². The number of amides is 2. The normalized spacial score (nSPS) is 22.5. The van der Waals surface area contributed by atoms with Crippen LogP contribution in [-0.4, -0.2) is 30.3 Å². The van der Waals surface area contributed by atoms with Gasteiger partial charge in [-0.1, -0.05) is 0 Å². The number of ether oxygens (including phenoxy) is 1. The summed E-state index contributed by atoms with van der Waals surface area (Å²) in [7, 11) is 0. The Morgan fingerprint density at radius 2 is 2.22 bits per heavy atom. The summed E-state index contributed by atoms with van der Waals surface area (Å²) in [6.07, 6.45) is 0.349. The molecule has 1 fully saturated rings. The molecule has 2 aliphatic rings. The lowest BCUT2D eigenvalue weighted by atomic mass is 10.2. The van der Waals surface area contributed by atoms with E-state index in [0.717, 1.165) is 5.69 Å². The van der Waals surface area contributed by atoms with Crippen LogP contribution in [-0.2, 0) is 9.59 Å². The molecule has 1 aromatic rings. The standard InChI is InChI=1S/C12H11ClN2O3/c13-7-3-12(17)15(5-7)8-1-2-10-9(4-8)14-11(16)6-18-10/h1-2,4,7H,3,5-6H2,(H,14,16). The number of halogens is 1. The van der Waals surface area contributed by atoms with Crippen molar-refractivity contribution in [2.45, 2.75) is 11.8 Å². The topological polar surface area (TPSA) is 58.6 Å². The van der Waals surface area contributed by atoms with Crippen molar-refractivity contribution in [2.75, 3.05) is 23.4 Å². The van der Waals surface area contributed by atoms with E-state index < -0.39 is 0 Å². The minimum atomic E-state index is -0.192. The average Bonchev–Trinajstić information content (AvgIpc) is 2.67. The van der Waals surface area contributed by atoms with Crippen molar-refractivity contribution < 1.29 is 14.3 Å². The van der Waals surface area contributed by atoms with Gasteiger partial charge in [-0.2, -0.15) is 0 Å². The van der Waals surface area contributed by atoms with Crippen molar-refractivity contribution in [3.63, 3.8) is 0 Å². The number of hydrogen-bond donors (Lipinski definition) is 1. The lowest BCUT2D eigenvalue weighted by Crippen LogP contribution is -2.27. The van der Waals surface area contributed by atoms with Crippen molar-refractivity contribution in [3.05, 3.63) is 18.2 Å². The van der Waals surface area contributed by atoms with E-state index in [4.69, 9.17) is 16.3 Å². The smallest absolute Gasteiger partial charge is 0.262 e. The molecule has 1 saturated heterocycles. The molecule has 2 amide bonds. The largest absolute Gasteiger partial charge is 0.482 e. The number of hydrogen-bond acceptors (Lipinski definition) is 3. The van der Waals surface area contributed by atoms with E-state index in [9.17, 15) is 9.59 Å². The van der Waals surface area contributed by atoms with Gasteiger partial charge in [0.25, 0.3) is 5.91 Å². The SMILES string of the molecule is O=C1COc2ccc(N3CC(Cl)CC3=O)cc2N1. The second-order valence-electron chi connectivity index (χ2n) is 4.32. The van der Waals surface area contributed by atoms with E-state index in [1.165, 1.54) is 0 Å². The molecular formula is C12H11ClN2O3. The van der Waals surface area contributed by atoms with Gasteiger partial charge in [0, 0.05) is 18.7 Å². The lowest BCUT2D eigenvalue weighted by molar-refractivity contribution is -0.118. The molecule has 0 spiro atoms. The molecule has 18 heavy (non-hydrogen) atoms. The minimum absolute atomic E-state index is 0.00185. The number of benzene rings is 1. The Kier molecular flexibility index (Phi) is 2.63. The fourth-order valence-electron chi connectivity index (χ4n) is 2.15. The van der Waals surface area contributed by atoms with E-state index in [1.807, 2.05) is 0 Å². The van der Waals surface area contributed by atoms with E-state index in [0.29, 0.717) is 24.4 Å². The third kappa shape index (κ3) is 1.90. The van der Waals surface area contributed by atoms with Gasteiger partial charge in [0.2, 0.25) is 5.91 Å². The molecule has 94 valence electrons. The van der Waals surface area contributed by atoms with Crippen LogP contribution in [0.15, 0.2) is 18.2 Å². The first-order valence-electron chi connectivity index (χ1n) is 5.64. The first-order valence-corrected chi connectivity index (χ1v) is 6.08. The van der Waals surface area contributed by atoms with Gasteiger partial charge in [-0.05, 0) is 18.2 Å². The minimum Gasteiger partial charge on any atom is -0.482 e. The van der Waals surface area contributed by atoms with Crippen molar-refractivity contribution in [2.24, 2.45) is 0 Å². The molecule has 5 nitrogen and oxygen atoms in total. The number of alkyl halides is 1. The zero-order chi connectivity index (χ0) is 12.7. The first kappa shape index (κ1) is 11.3. The highest BCUT2D eigenvalue weighted by atomic mass is 35.5. The zero-order valence-corrected chi connectivity index (χ0v) is 10.2. The predicted octanol–water partition coefficient (Wildman–Crippen LogP) is 1.36. The Morgan fingerprint density at radius 1 is 1.39 bits per heavy atom. The third-order valence-corrected chi connectivity index (χ3v) is 3.28. The predicted molar refractivity (Wildman–Crippen MR) is 67.2 cm³/mol. The Bertz CT molecular complexity index is 532. The van der Waals surface area contributed by atoms with Crippen LogP contribution in [0.1, 0.15) is 6.42 Å². The summed E-state index contributed by atoms with van der Waals surface area (Å²) in [5.74, 6) is 0.424. The van der Waals surface area contributed by atoms with Gasteiger partial charge in [0.05, 0.1) is 11.1 Å². The number of anilines is 2. The molecule has 6 heteroatoms. The lowest BCUT2D eigenvalue weighted by Gasteiger charge is -2.21. The summed E-state index contributed by atoms with van der Waals surface area (Å²) < 4.78 is 5.26. The summed E-state index contributed by atoms with van der Waals surface area (Å²) in [4.78, 5) is 24.6. The summed E-state index contributed by atoms with van der Waals surface area (Å²) in [5.41, 5.74) is 1.32. The van der Waals surface area contributed by atoms with Gasteiger partial charge in [-0.25, -0.2) is 0 Å². The van der Waals surface area contributed by atoms with Gasteiger partial charge < -0.3 is 15.0 Å². The molecule has 2 aliphatic heterocycles. The highest BCUT2D eigenvalue weighted by Gasteiger charge is 2.30. The average molecular weight is 267 g/mol. The molecule has 0 aromatic heterocycles. The second-order valence-corrected chi connectivity index (χ2v) is 4.94. The summed E-state index contributed by atoms with van der Waals surface area (Å²) >= 11 is 5.96. The maximum Gasteiger partial charge on any atom is 0.262 e. The van der Waals surface area contributed by atoms with E-state index in [1.54, 1.807) is 23.1 Å².